The number of rotatable bonds is 7. The zero-order chi connectivity index (χ0) is 23.5. The van der Waals surface area contributed by atoms with Crippen LogP contribution in [-0.2, 0) is 27.3 Å². The van der Waals surface area contributed by atoms with Crippen LogP contribution < -0.4 is 10.9 Å². The molecule has 176 valence electrons. The van der Waals surface area contributed by atoms with E-state index < -0.39 is 0 Å². The molecule has 1 fully saturated rings. The summed E-state index contributed by atoms with van der Waals surface area (Å²) in [5.74, 6) is 0.0806. The molecule has 2 atom stereocenters. The molecule has 8 nitrogen and oxygen atoms in total. The van der Waals surface area contributed by atoms with E-state index in [0.29, 0.717) is 42.7 Å². The topological polar surface area (TPSA) is 104 Å². The molecule has 0 aliphatic carbocycles. The van der Waals surface area contributed by atoms with Crippen molar-refractivity contribution in [3.8, 4) is 0 Å². The number of carbonyl (C=O) groups is 2. The third-order valence-electron chi connectivity index (χ3n) is 6.62. The van der Waals surface area contributed by atoms with E-state index in [4.69, 9.17) is 4.74 Å². The Hall–Kier alpha value is -3.52. The second kappa shape index (κ2) is 9.77. The Bertz CT molecular complexity index is 1260. The number of benzene rings is 2. The number of aromatic amines is 1. The highest BCUT2D eigenvalue weighted by Crippen LogP contribution is 2.28. The van der Waals surface area contributed by atoms with E-state index in [-0.39, 0.29) is 42.4 Å². The SMILES string of the molecule is O=C1Nc2ccccc2C[C@@H]1CCC(=O)N(Cc1nc2ccccc2c(=O)[nH]1)C[C@@H]1CCCO1. The van der Waals surface area contributed by atoms with Gasteiger partial charge in [-0.25, -0.2) is 4.98 Å². The normalized spacial score (nSPS) is 19.6. The molecule has 34 heavy (non-hydrogen) atoms. The Kier molecular flexibility index (Phi) is 6.40. The molecule has 1 aromatic heterocycles. The average Bonchev–Trinajstić information content (AvgIpc) is 3.35. The van der Waals surface area contributed by atoms with Crippen LogP contribution in [0.2, 0.25) is 0 Å². The van der Waals surface area contributed by atoms with Crippen LogP contribution in [0, 0.1) is 5.92 Å². The lowest BCUT2D eigenvalue weighted by molar-refractivity contribution is -0.134. The van der Waals surface area contributed by atoms with E-state index in [1.807, 2.05) is 30.3 Å². The molecule has 2 aromatic carbocycles. The fraction of sp³-hybridized carbons (Fsp3) is 0.385. The van der Waals surface area contributed by atoms with E-state index >= 15 is 0 Å². The zero-order valence-electron chi connectivity index (χ0n) is 19.0. The van der Waals surface area contributed by atoms with Gasteiger partial charge in [-0.2, -0.15) is 0 Å². The minimum absolute atomic E-state index is 0.0269. The van der Waals surface area contributed by atoms with Gasteiger partial charge in [0.05, 0.1) is 23.6 Å². The molecule has 8 heteroatoms. The Labute approximate surface area is 197 Å². The largest absolute Gasteiger partial charge is 0.376 e. The van der Waals surface area contributed by atoms with Crippen molar-refractivity contribution in [2.45, 2.75) is 44.8 Å². The highest BCUT2D eigenvalue weighted by atomic mass is 16.5. The van der Waals surface area contributed by atoms with Crippen LogP contribution in [0.3, 0.4) is 0 Å². The number of carbonyl (C=O) groups excluding carboxylic acids is 2. The Balaban J connectivity index is 1.30. The van der Waals surface area contributed by atoms with Crippen molar-refractivity contribution < 1.29 is 14.3 Å². The first kappa shape index (κ1) is 22.3. The van der Waals surface area contributed by atoms with Gasteiger partial charge in [0.25, 0.3) is 5.56 Å². The molecule has 1 saturated heterocycles. The number of aromatic nitrogens is 2. The lowest BCUT2D eigenvalue weighted by Crippen LogP contribution is -2.38. The summed E-state index contributed by atoms with van der Waals surface area (Å²) >= 11 is 0. The maximum absolute atomic E-state index is 13.3. The van der Waals surface area contributed by atoms with Crippen molar-refractivity contribution in [1.82, 2.24) is 14.9 Å². The number of amides is 2. The van der Waals surface area contributed by atoms with Crippen LogP contribution in [-0.4, -0.2) is 45.9 Å². The summed E-state index contributed by atoms with van der Waals surface area (Å²) in [6.07, 6.45) is 3.17. The summed E-state index contributed by atoms with van der Waals surface area (Å²) in [5.41, 5.74) is 2.32. The summed E-state index contributed by atoms with van der Waals surface area (Å²) in [5, 5.41) is 3.47. The van der Waals surface area contributed by atoms with Crippen molar-refractivity contribution in [1.29, 1.82) is 0 Å². The van der Waals surface area contributed by atoms with E-state index in [1.54, 1.807) is 23.1 Å². The molecule has 5 rings (SSSR count). The number of anilines is 1. The molecule has 3 heterocycles. The van der Waals surface area contributed by atoms with Crippen molar-refractivity contribution in [2.24, 2.45) is 5.92 Å². The van der Waals surface area contributed by atoms with Crippen molar-refractivity contribution in [2.75, 3.05) is 18.5 Å². The molecule has 0 spiro atoms. The van der Waals surface area contributed by atoms with Gasteiger partial charge in [-0.3, -0.25) is 14.4 Å². The first-order valence-electron chi connectivity index (χ1n) is 11.8. The van der Waals surface area contributed by atoms with Crippen molar-refractivity contribution in [3.05, 3.63) is 70.3 Å². The van der Waals surface area contributed by atoms with Crippen molar-refractivity contribution >= 4 is 28.4 Å². The lowest BCUT2D eigenvalue weighted by atomic mass is 9.89. The van der Waals surface area contributed by atoms with E-state index in [1.165, 1.54) is 0 Å². The predicted molar refractivity (Wildman–Crippen MR) is 128 cm³/mol. The fourth-order valence-corrected chi connectivity index (χ4v) is 4.78. The fourth-order valence-electron chi connectivity index (χ4n) is 4.78. The van der Waals surface area contributed by atoms with Gasteiger partial charge in [0.15, 0.2) is 0 Å². The molecule has 2 aliphatic rings. The molecule has 0 bridgehead atoms. The summed E-state index contributed by atoms with van der Waals surface area (Å²) < 4.78 is 5.77. The van der Waals surface area contributed by atoms with E-state index in [9.17, 15) is 14.4 Å². The number of nitrogens with one attached hydrogen (secondary N) is 2. The van der Waals surface area contributed by atoms with Gasteiger partial charge >= 0.3 is 0 Å². The Morgan fingerprint density at radius 1 is 1.12 bits per heavy atom. The number of fused-ring (bicyclic) bond motifs is 2. The van der Waals surface area contributed by atoms with Gasteiger partial charge in [0, 0.05) is 31.2 Å². The second-order valence-corrected chi connectivity index (χ2v) is 9.03. The molecule has 2 amide bonds. The summed E-state index contributed by atoms with van der Waals surface area (Å²) in [6.45, 7) is 1.33. The smallest absolute Gasteiger partial charge is 0.258 e. The van der Waals surface area contributed by atoms with Crippen LogP contribution in [0.15, 0.2) is 53.3 Å². The number of para-hydroxylation sites is 2. The maximum atomic E-state index is 13.3. The van der Waals surface area contributed by atoms with Gasteiger partial charge in [-0.1, -0.05) is 30.3 Å². The van der Waals surface area contributed by atoms with Gasteiger partial charge in [-0.15, -0.1) is 0 Å². The predicted octanol–water partition coefficient (Wildman–Crippen LogP) is 3.02. The highest BCUT2D eigenvalue weighted by Gasteiger charge is 2.28. The third kappa shape index (κ3) is 4.87. The number of hydrogen-bond donors (Lipinski definition) is 2. The molecular formula is C26H28N4O4. The standard InChI is InChI=1S/C26H28N4O4/c31-24(12-11-18-14-17-6-1-3-9-21(17)28-25(18)32)30(15-19-7-5-13-34-19)16-23-27-22-10-4-2-8-20(22)26(33)29-23/h1-4,6,8-10,18-19H,5,7,11-16H2,(H,28,32)(H,27,29,33)/t18-,19-/m0/s1. The van der Waals surface area contributed by atoms with Gasteiger partial charge in [-0.05, 0) is 49.4 Å². The molecule has 3 aromatic rings. The Morgan fingerprint density at radius 3 is 2.79 bits per heavy atom. The number of nitrogens with zero attached hydrogens (tertiary/aromatic N) is 2. The quantitative estimate of drug-likeness (QED) is 0.564. The highest BCUT2D eigenvalue weighted by molar-refractivity contribution is 5.96. The average molecular weight is 461 g/mol. The van der Waals surface area contributed by atoms with Gasteiger partial charge < -0.3 is 19.9 Å². The summed E-state index contributed by atoms with van der Waals surface area (Å²) in [4.78, 5) is 47.4. The summed E-state index contributed by atoms with van der Waals surface area (Å²) in [7, 11) is 0. The van der Waals surface area contributed by atoms with Crippen LogP contribution in [0.25, 0.3) is 10.9 Å². The number of hydrogen-bond acceptors (Lipinski definition) is 5. The molecular weight excluding hydrogens is 432 g/mol. The van der Waals surface area contributed by atoms with Gasteiger partial charge in [0.2, 0.25) is 11.8 Å². The van der Waals surface area contributed by atoms with Crippen LogP contribution in [0.1, 0.15) is 37.1 Å². The molecule has 0 saturated carbocycles. The lowest BCUT2D eigenvalue weighted by Gasteiger charge is -2.27. The van der Waals surface area contributed by atoms with E-state index in [2.05, 4.69) is 15.3 Å². The molecule has 0 unspecified atom stereocenters. The van der Waals surface area contributed by atoms with Gasteiger partial charge in [0.1, 0.15) is 5.82 Å². The minimum atomic E-state index is -0.248. The first-order valence-corrected chi connectivity index (χ1v) is 11.8. The maximum Gasteiger partial charge on any atom is 0.258 e. The number of ether oxygens (including phenoxy) is 1. The second-order valence-electron chi connectivity index (χ2n) is 9.03. The van der Waals surface area contributed by atoms with Crippen LogP contribution >= 0.6 is 0 Å². The molecule has 0 radical (unpaired) electrons. The van der Waals surface area contributed by atoms with Crippen molar-refractivity contribution in [3.63, 3.8) is 0 Å². The monoisotopic (exact) mass is 460 g/mol. The zero-order valence-corrected chi connectivity index (χ0v) is 19.0. The molecule has 2 aliphatic heterocycles. The van der Waals surface area contributed by atoms with Crippen LogP contribution in [0.4, 0.5) is 5.69 Å². The minimum Gasteiger partial charge on any atom is -0.376 e. The molecule has 2 N–H and O–H groups in total. The number of H-pyrrole nitrogens is 1. The van der Waals surface area contributed by atoms with E-state index in [0.717, 1.165) is 24.1 Å². The van der Waals surface area contributed by atoms with Crippen LogP contribution in [0.5, 0.6) is 0 Å². The summed E-state index contributed by atoms with van der Waals surface area (Å²) in [6, 6.07) is 14.9. The third-order valence-corrected chi connectivity index (χ3v) is 6.62. The first-order chi connectivity index (χ1) is 16.6. The Morgan fingerprint density at radius 2 is 1.94 bits per heavy atom.